The highest BCUT2D eigenvalue weighted by molar-refractivity contribution is 5.71. The Kier molecular flexibility index (Phi) is 3.51. The molecule has 0 saturated carbocycles. The summed E-state index contributed by atoms with van der Waals surface area (Å²) < 4.78 is 0. The van der Waals surface area contributed by atoms with Gasteiger partial charge in [-0.2, -0.15) is 15.8 Å². The van der Waals surface area contributed by atoms with Gasteiger partial charge in [-0.05, 0) is 30.3 Å². The van der Waals surface area contributed by atoms with Gasteiger partial charge in [-0.1, -0.05) is 0 Å². The number of hydrogen-bond donors (Lipinski definition) is 3. The number of hydrazine groups is 2. The Hall–Kier alpha value is -2.21. The maximum absolute atomic E-state index is 3.93. The second kappa shape index (κ2) is 5.62. The van der Waals surface area contributed by atoms with Gasteiger partial charge in [0.25, 0.3) is 0 Å². The largest absolute Gasteiger partial charge is 0.369 e. The summed E-state index contributed by atoms with van der Waals surface area (Å²) in [7, 11) is 0. The first-order chi connectivity index (χ1) is 9.42. The van der Waals surface area contributed by atoms with Gasteiger partial charge in [-0.3, -0.25) is 5.43 Å². The molecule has 6 nitrogen and oxygen atoms in total. The zero-order valence-corrected chi connectivity index (χ0v) is 10.7. The van der Waals surface area contributed by atoms with Crippen molar-refractivity contribution in [3.05, 3.63) is 36.5 Å². The van der Waals surface area contributed by atoms with Crippen molar-refractivity contribution < 1.29 is 0 Å². The highest BCUT2D eigenvalue weighted by Crippen LogP contribution is 2.18. The van der Waals surface area contributed by atoms with Gasteiger partial charge < -0.3 is 10.2 Å². The van der Waals surface area contributed by atoms with Gasteiger partial charge in [-0.25, -0.2) is 0 Å². The summed E-state index contributed by atoms with van der Waals surface area (Å²) in [5.41, 5.74) is 8.33. The van der Waals surface area contributed by atoms with E-state index in [-0.39, 0.29) is 0 Å². The normalized spacial score (nSPS) is 18.3. The third kappa shape index (κ3) is 2.97. The minimum absolute atomic E-state index is 1.02. The summed E-state index contributed by atoms with van der Waals surface area (Å²) in [6, 6.07) is 8.44. The molecule has 3 N–H and O–H groups in total. The van der Waals surface area contributed by atoms with Crippen LogP contribution in [0.5, 0.6) is 0 Å². The average molecular weight is 258 g/mol. The van der Waals surface area contributed by atoms with Crippen molar-refractivity contribution >= 4 is 17.6 Å². The van der Waals surface area contributed by atoms with Crippen LogP contribution in [0.3, 0.4) is 0 Å². The SMILES string of the molecule is C1=CN(Nc2ccc(N3CCNCC3)cc2)NN=C1. The quantitative estimate of drug-likeness (QED) is 0.747. The van der Waals surface area contributed by atoms with Crippen LogP contribution in [0, 0.1) is 0 Å². The van der Waals surface area contributed by atoms with Gasteiger partial charge in [0.05, 0.1) is 11.9 Å². The second-order valence-electron chi connectivity index (χ2n) is 4.49. The van der Waals surface area contributed by atoms with Gasteiger partial charge in [0.15, 0.2) is 0 Å². The van der Waals surface area contributed by atoms with Gasteiger partial charge in [0.1, 0.15) is 0 Å². The van der Waals surface area contributed by atoms with Crippen molar-refractivity contribution in [1.82, 2.24) is 16.0 Å². The molecule has 0 radical (unpaired) electrons. The van der Waals surface area contributed by atoms with E-state index >= 15 is 0 Å². The Morgan fingerprint density at radius 3 is 2.58 bits per heavy atom. The van der Waals surface area contributed by atoms with E-state index in [0.717, 1.165) is 31.9 Å². The van der Waals surface area contributed by atoms with Gasteiger partial charge in [0.2, 0.25) is 0 Å². The zero-order valence-electron chi connectivity index (χ0n) is 10.7. The van der Waals surface area contributed by atoms with Crippen molar-refractivity contribution in [2.75, 3.05) is 36.5 Å². The van der Waals surface area contributed by atoms with Gasteiger partial charge in [0, 0.05) is 38.1 Å². The first-order valence-corrected chi connectivity index (χ1v) is 6.49. The molecule has 0 spiro atoms. The predicted octanol–water partition coefficient (Wildman–Crippen LogP) is 0.743. The molecule has 0 atom stereocenters. The van der Waals surface area contributed by atoms with Crippen LogP contribution in [0.15, 0.2) is 41.6 Å². The lowest BCUT2D eigenvalue weighted by Crippen LogP contribution is -2.43. The number of nitrogens with one attached hydrogen (secondary N) is 3. The van der Waals surface area contributed by atoms with E-state index in [1.165, 1.54) is 5.69 Å². The standard InChI is InChI=1S/C13H18N6/c1-6-15-17-19(9-1)16-12-2-4-13(5-3-12)18-10-7-14-8-11-18/h1-6,9,14,16-17H,7-8,10-11H2. The number of anilines is 2. The van der Waals surface area contributed by atoms with E-state index in [4.69, 9.17) is 0 Å². The van der Waals surface area contributed by atoms with Crippen molar-refractivity contribution in [2.45, 2.75) is 0 Å². The Labute approximate surface area is 112 Å². The Balaban J connectivity index is 1.61. The van der Waals surface area contributed by atoms with E-state index in [1.807, 2.05) is 12.3 Å². The first kappa shape index (κ1) is 11.9. The molecule has 0 amide bonds. The molecule has 1 fully saturated rings. The summed E-state index contributed by atoms with van der Waals surface area (Å²) >= 11 is 0. The van der Waals surface area contributed by atoms with E-state index < -0.39 is 0 Å². The lowest BCUT2D eigenvalue weighted by molar-refractivity contribution is 0.330. The fraction of sp³-hybridized carbons (Fsp3) is 0.308. The lowest BCUT2D eigenvalue weighted by atomic mass is 10.2. The molecule has 1 aromatic rings. The molecular formula is C13H18N6. The molecule has 1 aromatic carbocycles. The molecule has 0 unspecified atom stereocenters. The van der Waals surface area contributed by atoms with E-state index in [0.29, 0.717) is 0 Å². The topological polar surface area (TPSA) is 54.9 Å². The molecule has 3 rings (SSSR count). The molecule has 1 saturated heterocycles. The summed E-state index contributed by atoms with van der Waals surface area (Å²) in [6.07, 6.45) is 5.43. The fourth-order valence-corrected chi connectivity index (χ4v) is 2.17. The van der Waals surface area contributed by atoms with Crippen LogP contribution in [0.2, 0.25) is 0 Å². The molecule has 100 valence electrons. The molecule has 0 aromatic heterocycles. The zero-order chi connectivity index (χ0) is 12.9. The number of piperazine rings is 1. The van der Waals surface area contributed by atoms with Crippen LogP contribution in [0.4, 0.5) is 11.4 Å². The molecule has 2 heterocycles. The van der Waals surface area contributed by atoms with E-state index in [2.05, 4.69) is 50.5 Å². The molecule has 2 aliphatic heterocycles. The number of benzene rings is 1. The minimum Gasteiger partial charge on any atom is -0.369 e. The molecule has 0 bridgehead atoms. The molecule has 19 heavy (non-hydrogen) atoms. The van der Waals surface area contributed by atoms with Crippen molar-refractivity contribution in [3.8, 4) is 0 Å². The summed E-state index contributed by atoms with van der Waals surface area (Å²) in [6.45, 7) is 4.25. The monoisotopic (exact) mass is 258 g/mol. The van der Waals surface area contributed by atoms with E-state index in [9.17, 15) is 0 Å². The average Bonchev–Trinajstić information content (AvgIpc) is 2.50. The highest BCUT2D eigenvalue weighted by Gasteiger charge is 2.10. The van der Waals surface area contributed by atoms with Crippen LogP contribution in [-0.2, 0) is 0 Å². The van der Waals surface area contributed by atoms with Crippen LogP contribution in [0.1, 0.15) is 0 Å². The van der Waals surface area contributed by atoms with Crippen molar-refractivity contribution in [1.29, 1.82) is 0 Å². The third-order valence-corrected chi connectivity index (χ3v) is 3.16. The van der Waals surface area contributed by atoms with Gasteiger partial charge in [-0.15, -0.1) is 0 Å². The number of allylic oxidation sites excluding steroid dienone is 1. The highest BCUT2D eigenvalue weighted by atomic mass is 15.8. The van der Waals surface area contributed by atoms with Crippen LogP contribution in [0.25, 0.3) is 0 Å². The fourth-order valence-electron chi connectivity index (χ4n) is 2.17. The third-order valence-electron chi connectivity index (χ3n) is 3.16. The Morgan fingerprint density at radius 2 is 1.89 bits per heavy atom. The first-order valence-electron chi connectivity index (χ1n) is 6.49. The van der Waals surface area contributed by atoms with E-state index in [1.54, 1.807) is 11.3 Å². The minimum atomic E-state index is 1.02. The molecule has 2 aliphatic rings. The van der Waals surface area contributed by atoms with Crippen molar-refractivity contribution in [3.63, 3.8) is 0 Å². The maximum Gasteiger partial charge on any atom is 0.0563 e. The number of nitrogens with zero attached hydrogens (tertiary/aromatic N) is 3. The van der Waals surface area contributed by atoms with Crippen LogP contribution >= 0.6 is 0 Å². The lowest BCUT2D eigenvalue weighted by Gasteiger charge is -2.29. The summed E-state index contributed by atoms with van der Waals surface area (Å²) in [5.74, 6) is 0. The predicted molar refractivity (Wildman–Crippen MR) is 77.8 cm³/mol. The van der Waals surface area contributed by atoms with Crippen LogP contribution in [-0.4, -0.2) is 37.5 Å². The number of hydrazone groups is 1. The smallest absolute Gasteiger partial charge is 0.0563 e. The van der Waals surface area contributed by atoms with Gasteiger partial charge >= 0.3 is 0 Å². The number of rotatable bonds is 3. The second-order valence-corrected chi connectivity index (χ2v) is 4.49. The molecule has 6 heteroatoms. The van der Waals surface area contributed by atoms with Crippen molar-refractivity contribution in [2.24, 2.45) is 5.10 Å². The maximum atomic E-state index is 3.93. The number of hydrogen-bond acceptors (Lipinski definition) is 6. The Bertz CT molecular complexity index is 461. The summed E-state index contributed by atoms with van der Waals surface area (Å²) in [5, 5.41) is 9.00. The van der Waals surface area contributed by atoms with Crippen LogP contribution < -0.4 is 21.2 Å². The Morgan fingerprint density at radius 1 is 1.11 bits per heavy atom. The molecular weight excluding hydrogens is 240 g/mol. The molecule has 0 aliphatic carbocycles. The summed E-state index contributed by atoms with van der Waals surface area (Å²) in [4.78, 5) is 2.39.